The van der Waals surface area contributed by atoms with Gasteiger partial charge in [-0.25, -0.2) is 4.79 Å². The van der Waals surface area contributed by atoms with E-state index in [2.05, 4.69) is 10.5 Å². The van der Waals surface area contributed by atoms with Gasteiger partial charge in [0.25, 0.3) is 0 Å². The Morgan fingerprint density at radius 3 is 2.42 bits per heavy atom. The first-order chi connectivity index (χ1) is 11.5. The summed E-state index contributed by atoms with van der Waals surface area (Å²) in [7, 11) is 0. The van der Waals surface area contributed by atoms with Crippen LogP contribution in [0, 0.1) is 0 Å². The minimum atomic E-state index is -0.527. The summed E-state index contributed by atoms with van der Waals surface area (Å²) in [6.45, 7) is 4.93. The summed E-state index contributed by atoms with van der Waals surface area (Å²) < 4.78 is 5.09. The molecular formula is C17H18N2O4S. The van der Waals surface area contributed by atoms with Gasteiger partial charge in [0.2, 0.25) is 5.91 Å². The first-order valence-corrected chi connectivity index (χ1v) is 8.17. The van der Waals surface area contributed by atoms with E-state index in [9.17, 15) is 14.8 Å². The quantitative estimate of drug-likeness (QED) is 0.373. The zero-order valence-electron chi connectivity index (χ0n) is 13.6. The molecule has 1 amide bonds. The van der Waals surface area contributed by atoms with Crippen molar-refractivity contribution in [3.8, 4) is 11.1 Å². The van der Waals surface area contributed by atoms with E-state index in [0.29, 0.717) is 21.8 Å². The molecule has 0 unspecified atom stereocenters. The highest BCUT2D eigenvalue weighted by molar-refractivity contribution is 7.17. The van der Waals surface area contributed by atoms with Gasteiger partial charge in [0, 0.05) is 12.5 Å². The Labute approximate surface area is 143 Å². The Kier molecular flexibility index (Phi) is 5.70. The molecule has 7 heteroatoms. The topological polar surface area (TPSA) is 88.0 Å². The Balaban J connectivity index is 2.76. The second kappa shape index (κ2) is 7.74. The molecule has 24 heavy (non-hydrogen) atoms. The van der Waals surface area contributed by atoms with Crippen molar-refractivity contribution in [2.24, 2.45) is 5.16 Å². The molecule has 1 aromatic carbocycles. The lowest BCUT2D eigenvalue weighted by Gasteiger charge is -2.09. The summed E-state index contributed by atoms with van der Waals surface area (Å²) in [5.74, 6) is -0.832. The molecule has 0 saturated heterocycles. The summed E-state index contributed by atoms with van der Waals surface area (Å²) in [6, 6.07) is 9.29. The monoisotopic (exact) mass is 346 g/mol. The summed E-state index contributed by atoms with van der Waals surface area (Å²) >= 11 is 1.12. The van der Waals surface area contributed by atoms with E-state index in [1.807, 2.05) is 30.3 Å². The molecule has 2 N–H and O–H groups in total. The zero-order chi connectivity index (χ0) is 17.7. The molecule has 6 nitrogen and oxygen atoms in total. The molecule has 2 rings (SSSR count). The Hall–Kier alpha value is -2.67. The minimum Gasteiger partial charge on any atom is -0.462 e. The van der Waals surface area contributed by atoms with Crippen LogP contribution < -0.4 is 5.32 Å². The van der Waals surface area contributed by atoms with Gasteiger partial charge < -0.3 is 15.3 Å². The lowest BCUT2D eigenvalue weighted by molar-refractivity contribution is -0.114. The van der Waals surface area contributed by atoms with Crippen molar-refractivity contribution in [3.05, 3.63) is 40.1 Å². The van der Waals surface area contributed by atoms with Crippen molar-refractivity contribution < 1.29 is 19.5 Å². The van der Waals surface area contributed by atoms with E-state index in [1.54, 1.807) is 13.8 Å². The molecule has 0 atom stereocenters. The molecule has 0 spiro atoms. The molecular weight excluding hydrogens is 328 g/mol. The van der Waals surface area contributed by atoms with E-state index in [0.717, 1.165) is 16.9 Å². The number of thiophene rings is 1. The van der Waals surface area contributed by atoms with E-state index >= 15 is 0 Å². The number of ether oxygens (including phenoxy) is 1. The molecule has 0 radical (unpaired) electrons. The van der Waals surface area contributed by atoms with Crippen LogP contribution in [-0.2, 0) is 9.53 Å². The molecule has 0 saturated carbocycles. The van der Waals surface area contributed by atoms with Crippen LogP contribution >= 0.6 is 11.3 Å². The second-order valence-electron chi connectivity index (χ2n) is 4.96. The van der Waals surface area contributed by atoms with Crippen molar-refractivity contribution in [1.82, 2.24) is 0 Å². The fourth-order valence-electron chi connectivity index (χ4n) is 2.25. The third kappa shape index (κ3) is 3.62. The number of oxime groups is 1. The van der Waals surface area contributed by atoms with Crippen LogP contribution in [0.5, 0.6) is 0 Å². The van der Waals surface area contributed by atoms with Gasteiger partial charge in [0.15, 0.2) is 0 Å². The summed E-state index contributed by atoms with van der Waals surface area (Å²) in [4.78, 5) is 24.8. The van der Waals surface area contributed by atoms with Gasteiger partial charge in [0.1, 0.15) is 4.88 Å². The van der Waals surface area contributed by atoms with Crippen LogP contribution in [0.3, 0.4) is 0 Å². The third-order valence-electron chi connectivity index (χ3n) is 3.21. The van der Waals surface area contributed by atoms with Crippen molar-refractivity contribution in [1.29, 1.82) is 0 Å². The average Bonchev–Trinajstić information content (AvgIpc) is 2.93. The van der Waals surface area contributed by atoms with Crippen LogP contribution in [0.2, 0.25) is 0 Å². The SMILES string of the molecule is CCOC(=O)c1sc(C(C)=NO)c(-c2ccccc2)c1NC(C)=O. The van der Waals surface area contributed by atoms with Crippen molar-refractivity contribution in [3.63, 3.8) is 0 Å². The van der Waals surface area contributed by atoms with Gasteiger partial charge in [0.05, 0.1) is 22.9 Å². The van der Waals surface area contributed by atoms with Crippen LogP contribution in [0.1, 0.15) is 35.3 Å². The summed E-state index contributed by atoms with van der Waals surface area (Å²) in [5, 5.41) is 15.1. The number of amides is 1. The van der Waals surface area contributed by atoms with Crippen molar-refractivity contribution >= 4 is 34.6 Å². The van der Waals surface area contributed by atoms with Crippen molar-refractivity contribution in [2.45, 2.75) is 20.8 Å². The molecule has 0 aliphatic heterocycles. The van der Waals surface area contributed by atoms with E-state index in [-0.39, 0.29) is 17.4 Å². The lowest BCUT2D eigenvalue weighted by Crippen LogP contribution is -2.11. The molecule has 0 aliphatic rings. The summed E-state index contributed by atoms with van der Waals surface area (Å²) in [6.07, 6.45) is 0. The van der Waals surface area contributed by atoms with E-state index in [4.69, 9.17) is 4.74 Å². The zero-order valence-corrected chi connectivity index (χ0v) is 14.4. The molecule has 0 fully saturated rings. The van der Waals surface area contributed by atoms with E-state index < -0.39 is 5.97 Å². The Morgan fingerprint density at radius 2 is 1.88 bits per heavy atom. The number of hydrogen-bond acceptors (Lipinski definition) is 6. The largest absolute Gasteiger partial charge is 0.462 e. The first kappa shape index (κ1) is 17.7. The molecule has 0 bridgehead atoms. The predicted molar refractivity (Wildman–Crippen MR) is 94.0 cm³/mol. The van der Waals surface area contributed by atoms with Crippen LogP contribution in [0.4, 0.5) is 5.69 Å². The third-order valence-corrected chi connectivity index (χ3v) is 4.49. The molecule has 1 heterocycles. The van der Waals surface area contributed by atoms with Crippen LogP contribution in [0.15, 0.2) is 35.5 Å². The van der Waals surface area contributed by atoms with Gasteiger partial charge in [-0.05, 0) is 19.4 Å². The number of rotatable bonds is 5. The fourth-order valence-corrected chi connectivity index (χ4v) is 3.36. The number of benzene rings is 1. The van der Waals surface area contributed by atoms with Crippen molar-refractivity contribution in [2.75, 3.05) is 11.9 Å². The highest BCUT2D eigenvalue weighted by Gasteiger charge is 2.26. The van der Waals surface area contributed by atoms with Gasteiger partial charge in [-0.15, -0.1) is 11.3 Å². The number of nitrogens with zero attached hydrogens (tertiary/aromatic N) is 1. The lowest BCUT2D eigenvalue weighted by atomic mass is 10.0. The minimum absolute atomic E-state index is 0.222. The van der Waals surface area contributed by atoms with Crippen LogP contribution in [0.25, 0.3) is 11.1 Å². The maximum atomic E-state index is 12.3. The molecule has 0 aliphatic carbocycles. The van der Waals surface area contributed by atoms with Crippen LogP contribution in [-0.4, -0.2) is 29.4 Å². The first-order valence-electron chi connectivity index (χ1n) is 7.35. The molecule has 1 aromatic heterocycles. The van der Waals surface area contributed by atoms with Gasteiger partial charge in [-0.1, -0.05) is 35.5 Å². The highest BCUT2D eigenvalue weighted by atomic mass is 32.1. The normalized spacial score (nSPS) is 11.2. The van der Waals surface area contributed by atoms with E-state index in [1.165, 1.54) is 6.92 Å². The maximum Gasteiger partial charge on any atom is 0.350 e. The Bertz CT molecular complexity index is 781. The fraction of sp³-hybridized carbons (Fsp3) is 0.235. The van der Waals surface area contributed by atoms with Gasteiger partial charge in [-0.3, -0.25) is 4.79 Å². The number of nitrogens with one attached hydrogen (secondary N) is 1. The summed E-state index contributed by atoms with van der Waals surface area (Å²) in [5.41, 5.74) is 2.15. The highest BCUT2D eigenvalue weighted by Crippen LogP contribution is 2.41. The number of hydrogen-bond donors (Lipinski definition) is 2. The maximum absolute atomic E-state index is 12.3. The number of carbonyl (C=O) groups is 2. The second-order valence-corrected chi connectivity index (χ2v) is 5.98. The number of carbonyl (C=O) groups excluding carboxylic acids is 2. The van der Waals surface area contributed by atoms with Gasteiger partial charge >= 0.3 is 5.97 Å². The molecule has 126 valence electrons. The standard InChI is InChI=1S/C17H18N2O4S/c1-4-23-17(21)16-14(18-11(3)20)13(12-8-6-5-7-9-12)15(24-16)10(2)19-22/h5-9,22H,4H2,1-3H3,(H,18,20). The Morgan fingerprint density at radius 1 is 1.21 bits per heavy atom. The molecule has 2 aromatic rings. The smallest absolute Gasteiger partial charge is 0.350 e. The average molecular weight is 346 g/mol. The number of anilines is 1. The predicted octanol–water partition coefficient (Wildman–Crippen LogP) is 3.75. The number of esters is 1. The van der Waals surface area contributed by atoms with Gasteiger partial charge in [-0.2, -0.15) is 0 Å².